The van der Waals surface area contributed by atoms with Crippen molar-refractivity contribution in [3.05, 3.63) is 40.2 Å². The molecule has 0 aliphatic rings. The first-order chi connectivity index (χ1) is 9.65. The van der Waals surface area contributed by atoms with E-state index in [2.05, 4.69) is 27.8 Å². The molecule has 0 saturated heterocycles. The zero-order valence-corrected chi connectivity index (χ0v) is 13.1. The zero-order chi connectivity index (χ0) is 14.5. The molecule has 0 N–H and O–H groups in total. The van der Waals surface area contributed by atoms with Gasteiger partial charge < -0.3 is 9.15 Å². The first-order valence-electron chi connectivity index (χ1n) is 6.49. The first kappa shape index (κ1) is 14.8. The normalized spacial score (nSPS) is 10.6. The van der Waals surface area contributed by atoms with E-state index in [4.69, 9.17) is 9.15 Å². The number of halogens is 1. The maximum Gasteiger partial charge on any atom is 0.360 e. The minimum atomic E-state index is -0.455. The van der Waals surface area contributed by atoms with Gasteiger partial charge in [0.25, 0.3) is 0 Å². The van der Waals surface area contributed by atoms with Crippen molar-refractivity contribution in [2.45, 2.75) is 26.2 Å². The Hall–Kier alpha value is -1.62. The molecule has 20 heavy (non-hydrogen) atoms. The van der Waals surface area contributed by atoms with E-state index < -0.39 is 5.97 Å². The number of benzene rings is 1. The van der Waals surface area contributed by atoms with Crippen LogP contribution in [0, 0.1) is 0 Å². The summed E-state index contributed by atoms with van der Waals surface area (Å²) < 4.78 is 11.5. The average molecular weight is 338 g/mol. The second-order valence-corrected chi connectivity index (χ2v) is 5.31. The summed E-state index contributed by atoms with van der Waals surface area (Å²) in [5, 5.41) is 0. The molecule has 0 aliphatic heterocycles. The summed E-state index contributed by atoms with van der Waals surface area (Å²) in [4.78, 5) is 16.0. The zero-order valence-electron chi connectivity index (χ0n) is 11.5. The fourth-order valence-electron chi connectivity index (χ4n) is 1.83. The molecule has 0 aliphatic carbocycles. The highest BCUT2D eigenvalue weighted by Gasteiger charge is 2.20. The lowest BCUT2D eigenvalue weighted by Crippen LogP contribution is -2.05. The number of unbranched alkanes of at least 4 members (excludes halogenated alkanes) is 1. The van der Waals surface area contributed by atoms with Gasteiger partial charge in [0, 0.05) is 16.5 Å². The minimum absolute atomic E-state index is 0.277. The molecule has 0 saturated carbocycles. The van der Waals surface area contributed by atoms with Crippen LogP contribution in [0.3, 0.4) is 0 Å². The molecule has 4 nitrogen and oxygen atoms in total. The number of hydrogen-bond acceptors (Lipinski definition) is 4. The predicted molar refractivity (Wildman–Crippen MR) is 79.6 cm³/mol. The summed E-state index contributed by atoms with van der Waals surface area (Å²) >= 11 is 3.38. The number of carbonyl (C=O) groups is 1. The van der Waals surface area contributed by atoms with Crippen molar-refractivity contribution in [3.8, 4) is 11.5 Å². The number of aryl methyl sites for hydroxylation is 1. The van der Waals surface area contributed by atoms with Crippen LogP contribution < -0.4 is 0 Å². The van der Waals surface area contributed by atoms with Crippen molar-refractivity contribution in [2.75, 3.05) is 7.11 Å². The summed E-state index contributed by atoms with van der Waals surface area (Å²) in [5.41, 5.74) is 1.11. The Morgan fingerprint density at radius 1 is 1.35 bits per heavy atom. The quantitative estimate of drug-likeness (QED) is 0.766. The molecule has 0 radical (unpaired) electrons. The van der Waals surface area contributed by atoms with Gasteiger partial charge in [-0.1, -0.05) is 29.3 Å². The lowest BCUT2D eigenvalue weighted by Gasteiger charge is -1.97. The highest BCUT2D eigenvalue weighted by molar-refractivity contribution is 9.10. The summed E-state index contributed by atoms with van der Waals surface area (Å²) in [5.74, 6) is 0.587. The van der Waals surface area contributed by atoms with E-state index in [-0.39, 0.29) is 5.69 Å². The van der Waals surface area contributed by atoms with Crippen molar-refractivity contribution >= 4 is 21.9 Å². The van der Waals surface area contributed by atoms with E-state index in [1.165, 1.54) is 7.11 Å². The van der Waals surface area contributed by atoms with E-state index in [1.54, 1.807) is 0 Å². The maximum atomic E-state index is 11.7. The predicted octanol–water partition coefficient (Wildman–Crippen LogP) is 4.23. The van der Waals surface area contributed by atoms with Crippen LogP contribution in [0.4, 0.5) is 0 Å². The third-order valence-electron chi connectivity index (χ3n) is 2.92. The number of hydrogen-bond donors (Lipinski definition) is 0. The molecule has 0 spiro atoms. The summed E-state index contributed by atoms with van der Waals surface area (Å²) in [6.45, 7) is 2.09. The van der Waals surface area contributed by atoms with E-state index >= 15 is 0 Å². The van der Waals surface area contributed by atoms with Gasteiger partial charge in [0.2, 0.25) is 5.89 Å². The molecule has 0 amide bonds. The Morgan fingerprint density at radius 2 is 2.05 bits per heavy atom. The number of methoxy groups -OCH3 is 1. The molecular formula is C15H16BrNO3. The second kappa shape index (κ2) is 6.70. The Kier molecular flexibility index (Phi) is 4.95. The molecule has 0 fully saturated rings. The number of esters is 1. The van der Waals surface area contributed by atoms with Gasteiger partial charge >= 0.3 is 5.97 Å². The van der Waals surface area contributed by atoms with Crippen LogP contribution >= 0.6 is 15.9 Å². The van der Waals surface area contributed by atoms with E-state index in [0.717, 1.165) is 22.9 Å². The third-order valence-corrected chi connectivity index (χ3v) is 3.45. The van der Waals surface area contributed by atoms with Crippen LogP contribution in [0.5, 0.6) is 0 Å². The molecule has 2 aromatic rings. The molecular weight excluding hydrogens is 322 g/mol. The molecule has 1 heterocycles. The molecule has 5 heteroatoms. The summed E-state index contributed by atoms with van der Waals surface area (Å²) in [6.07, 6.45) is 2.65. The minimum Gasteiger partial charge on any atom is -0.464 e. The Bertz CT molecular complexity index is 590. The van der Waals surface area contributed by atoms with Gasteiger partial charge in [-0.2, -0.15) is 0 Å². The third kappa shape index (κ3) is 3.28. The van der Waals surface area contributed by atoms with Crippen molar-refractivity contribution in [1.82, 2.24) is 4.98 Å². The average Bonchev–Trinajstić information content (AvgIpc) is 2.89. The smallest absolute Gasteiger partial charge is 0.360 e. The monoisotopic (exact) mass is 337 g/mol. The molecule has 0 bridgehead atoms. The number of nitrogens with zero attached hydrogens (tertiary/aromatic N) is 1. The van der Waals surface area contributed by atoms with Crippen LogP contribution in [0.25, 0.3) is 11.5 Å². The number of aromatic nitrogens is 1. The van der Waals surface area contributed by atoms with E-state index in [0.29, 0.717) is 18.1 Å². The highest BCUT2D eigenvalue weighted by Crippen LogP contribution is 2.25. The topological polar surface area (TPSA) is 52.3 Å². The van der Waals surface area contributed by atoms with Gasteiger partial charge in [0.1, 0.15) is 5.76 Å². The lowest BCUT2D eigenvalue weighted by atomic mass is 10.2. The second-order valence-electron chi connectivity index (χ2n) is 4.39. The molecule has 2 rings (SSSR count). The first-order valence-corrected chi connectivity index (χ1v) is 7.29. The summed E-state index contributed by atoms with van der Waals surface area (Å²) in [7, 11) is 1.35. The molecule has 0 atom stereocenters. The van der Waals surface area contributed by atoms with Gasteiger partial charge in [-0.05, 0) is 30.7 Å². The fourth-order valence-corrected chi connectivity index (χ4v) is 2.09. The van der Waals surface area contributed by atoms with Crippen molar-refractivity contribution in [1.29, 1.82) is 0 Å². The Morgan fingerprint density at radius 3 is 2.65 bits per heavy atom. The molecule has 0 unspecified atom stereocenters. The van der Waals surface area contributed by atoms with Gasteiger partial charge in [-0.3, -0.25) is 0 Å². The Labute approximate surface area is 126 Å². The number of carbonyl (C=O) groups excluding carboxylic acids is 1. The SMILES string of the molecule is CCCCc1oc(-c2ccc(Br)cc2)nc1C(=O)OC. The number of ether oxygens (including phenoxy) is 1. The highest BCUT2D eigenvalue weighted by atomic mass is 79.9. The van der Waals surface area contributed by atoms with E-state index in [1.807, 2.05) is 24.3 Å². The number of rotatable bonds is 5. The number of oxazole rings is 1. The summed E-state index contributed by atoms with van der Waals surface area (Å²) in [6, 6.07) is 7.59. The van der Waals surface area contributed by atoms with Crippen molar-refractivity contribution < 1.29 is 13.9 Å². The van der Waals surface area contributed by atoms with Crippen LogP contribution in [0.15, 0.2) is 33.2 Å². The van der Waals surface area contributed by atoms with Crippen LogP contribution in [-0.2, 0) is 11.2 Å². The van der Waals surface area contributed by atoms with Crippen LogP contribution in [-0.4, -0.2) is 18.1 Å². The molecule has 106 valence electrons. The largest absolute Gasteiger partial charge is 0.464 e. The van der Waals surface area contributed by atoms with E-state index in [9.17, 15) is 4.79 Å². The van der Waals surface area contributed by atoms with Crippen molar-refractivity contribution in [3.63, 3.8) is 0 Å². The van der Waals surface area contributed by atoms with Gasteiger partial charge in [0.05, 0.1) is 7.11 Å². The van der Waals surface area contributed by atoms with Crippen molar-refractivity contribution in [2.24, 2.45) is 0 Å². The lowest BCUT2D eigenvalue weighted by molar-refractivity contribution is 0.0592. The fraction of sp³-hybridized carbons (Fsp3) is 0.333. The van der Waals surface area contributed by atoms with Gasteiger partial charge in [-0.25, -0.2) is 9.78 Å². The molecule has 1 aromatic heterocycles. The standard InChI is InChI=1S/C15H16BrNO3/c1-3-4-5-12-13(15(18)19-2)17-14(20-12)10-6-8-11(16)9-7-10/h6-9H,3-5H2,1-2H3. The maximum absolute atomic E-state index is 11.7. The van der Waals surface area contributed by atoms with Crippen LogP contribution in [0.2, 0.25) is 0 Å². The Balaban J connectivity index is 2.37. The van der Waals surface area contributed by atoms with Crippen LogP contribution in [0.1, 0.15) is 36.0 Å². The molecule has 1 aromatic carbocycles. The van der Waals surface area contributed by atoms with Gasteiger partial charge in [-0.15, -0.1) is 0 Å². The van der Waals surface area contributed by atoms with Gasteiger partial charge in [0.15, 0.2) is 5.69 Å².